The molecule has 2 aromatic carbocycles. The van der Waals surface area contributed by atoms with Crippen molar-refractivity contribution < 1.29 is 19.1 Å². The zero-order chi connectivity index (χ0) is 19.1. The van der Waals surface area contributed by atoms with Gasteiger partial charge in [0.2, 0.25) is 0 Å². The van der Waals surface area contributed by atoms with E-state index in [-0.39, 0.29) is 18.9 Å². The molecule has 1 amide bonds. The third-order valence-corrected chi connectivity index (χ3v) is 4.49. The van der Waals surface area contributed by atoms with Gasteiger partial charge in [-0.05, 0) is 48.4 Å². The van der Waals surface area contributed by atoms with Crippen LogP contribution in [-0.4, -0.2) is 18.7 Å². The van der Waals surface area contributed by atoms with Crippen molar-refractivity contribution in [1.29, 1.82) is 0 Å². The van der Waals surface area contributed by atoms with Crippen molar-refractivity contribution in [2.24, 2.45) is 0 Å². The van der Waals surface area contributed by atoms with Crippen molar-refractivity contribution in [3.8, 4) is 0 Å². The smallest absolute Gasteiger partial charge is 0.412 e. The maximum Gasteiger partial charge on any atom is 0.412 e. The SMILES string of the molecule is CCOC(=O)C(NC(=O)OCc1ccccc1)=C1CCc2ccccc2C1. The summed E-state index contributed by atoms with van der Waals surface area (Å²) in [7, 11) is 0. The van der Waals surface area contributed by atoms with Crippen LogP contribution in [0.15, 0.2) is 65.9 Å². The molecule has 0 heterocycles. The highest BCUT2D eigenvalue weighted by atomic mass is 16.6. The molecule has 1 aliphatic rings. The van der Waals surface area contributed by atoms with Crippen LogP contribution in [0.4, 0.5) is 4.79 Å². The van der Waals surface area contributed by atoms with E-state index in [0.717, 1.165) is 17.6 Å². The molecule has 0 spiro atoms. The maximum absolute atomic E-state index is 12.4. The van der Waals surface area contributed by atoms with Crippen LogP contribution in [0.25, 0.3) is 0 Å². The summed E-state index contributed by atoms with van der Waals surface area (Å²) in [5.41, 5.74) is 4.38. The molecule has 0 unspecified atom stereocenters. The minimum atomic E-state index is -0.659. The van der Waals surface area contributed by atoms with Crippen LogP contribution < -0.4 is 5.32 Å². The molecule has 0 bridgehead atoms. The molecule has 5 heteroatoms. The Hall–Kier alpha value is -3.08. The Morgan fingerprint density at radius 2 is 1.63 bits per heavy atom. The fourth-order valence-corrected chi connectivity index (χ4v) is 3.14. The Morgan fingerprint density at radius 1 is 0.926 bits per heavy atom. The van der Waals surface area contributed by atoms with Gasteiger partial charge in [0.15, 0.2) is 0 Å². The number of hydrogen-bond acceptors (Lipinski definition) is 4. The number of amides is 1. The van der Waals surface area contributed by atoms with Gasteiger partial charge in [0.05, 0.1) is 6.61 Å². The zero-order valence-electron chi connectivity index (χ0n) is 15.4. The van der Waals surface area contributed by atoms with Gasteiger partial charge in [-0.3, -0.25) is 5.32 Å². The molecule has 0 aliphatic heterocycles. The highest BCUT2D eigenvalue weighted by Gasteiger charge is 2.23. The summed E-state index contributed by atoms with van der Waals surface area (Å²) < 4.78 is 10.4. The second kappa shape index (κ2) is 9.03. The lowest BCUT2D eigenvalue weighted by Crippen LogP contribution is -2.31. The lowest BCUT2D eigenvalue weighted by Gasteiger charge is -2.21. The maximum atomic E-state index is 12.4. The number of allylic oxidation sites excluding steroid dienone is 1. The van der Waals surface area contributed by atoms with Crippen molar-refractivity contribution in [2.45, 2.75) is 32.8 Å². The Balaban J connectivity index is 1.74. The lowest BCUT2D eigenvalue weighted by molar-refractivity contribution is -0.139. The monoisotopic (exact) mass is 365 g/mol. The van der Waals surface area contributed by atoms with E-state index >= 15 is 0 Å². The van der Waals surface area contributed by atoms with Crippen LogP contribution in [0.5, 0.6) is 0 Å². The van der Waals surface area contributed by atoms with Gasteiger partial charge in [-0.2, -0.15) is 0 Å². The number of carbonyl (C=O) groups is 2. The molecular weight excluding hydrogens is 342 g/mol. The van der Waals surface area contributed by atoms with Crippen LogP contribution in [0.3, 0.4) is 0 Å². The number of aryl methyl sites for hydroxylation is 1. The van der Waals surface area contributed by atoms with Crippen molar-refractivity contribution in [3.05, 3.63) is 82.6 Å². The normalized spacial score (nSPS) is 14.7. The van der Waals surface area contributed by atoms with E-state index in [4.69, 9.17) is 9.47 Å². The standard InChI is InChI=1S/C22H23NO4/c1-2-26-21(24)20(19-13-12-17-10-6-7-11-18(17)14-19)23-22(25)27-15-16-8-4-3-5-9-16/h3-11H,2,12-15H2,1H3,(H,23,25). The Bertz CT molecular complexity index is 842. The van der Waals surface area contributed by atoms with E-state index in [1.807, 2.05) is 48.5 Å². The summed E-state index contributed by atoms with van der Waals surface area (Å²) >= 11 is 0. The molecule has 1 N–H and O–H groups in total. The molecule has 0 radical (unpaired) electrons. The summed E-state index contributed by atoms with van der Waals surface area (Å²) in [6, 6.07) is 17.5. The van der Waals surface area contributed by atoms with Crippen molar-refractivity contribution in [2.75, 3.05) is 6.61 Å². The van der Waals surface area contributed by atoms with E-state index in [9.17, 15) is 9.59 Å². The molecule has 5 nitrogen and oxygen atoms in total. The van der Waals surface area contributed by atoms with Gasteiger partial charge in [0, 0.05) is 0 Å². The number of esters is 1. The topological polar surface area (TPSA) is 64.6 Å². The molecule has 2 aromatic rings. The van der Waals surface area contributed by atoms with Gasteiger partial charge in [0.1, 0.15) is 12.3 Å². The highest BCUT2D eigenvalue weighted by Crippen LogP contribution is 2.26. The first kappa shape index (κ1) is 18.7. The largest absolute Gasteiger partial charge is 0.461 e. The third-order valence-electron chi connectivity index (χ3n) is 4.49. The summed E-state index contributed by atoms with van der Waals surface area (Å²) in [4.78, 5) is 24.7. The summed E-state index contributed by atoms with van der Waals surface area (Å²) in [5.74, 6) is -0.524. The number of alkyl carbamates (subject to hydrolysis) is 1. The number of rotatable bonds is 5. The van der Waals surface area contributed by atoms with Gasteiger partial charge in [-0.1, -0.05) is 54.6 Å². The van der Waals surface area contributed by atoms with E-state index in [1.165, 1.54) is 11.1 Å². The number of hydrogen-bond donors (Lipinski definition) is 1. The van der Waals surface area contributed by atoms with Gasteiger partial charge < -0.3 is 9.47 Å². The first-order valence-electron chi connectivity index (χ1n) is 9.11. The average Bonchev–Trinajstić information content (AvgIpc) is 2.71. The predicted molar refractivity (Wildman–Crippen MR) is 102 cm³/mol. The summed E-state index contributed by atoms with van der Waals surface area (Å²) in [6.07, 6.45) is 1.48. The fourth-order valence-electron chi connectivity index (χ4n) is 3.14. The summed E-state index contributed by atoms with van der Waals surface area (Å²) in [5, 5.41) is 2.62. The van der Waals surface area contributed by atoms with Crippen LogP contribution in [0, 0.1) is 0 Å². The van der Waals surface area contributed by atoms with Gasteiger partial charge in [-0.15, -0.1) is 0 Å². The number of ether oxygens (including phenoxy) is 2. The van der Waals surface area contributed by atoms with Crippen LogP contribution >= 0.6 is 0 Å². The number of carbonyl (C=O) groups excluding carboxylic acids is 2. The molecular formula is C22H23NO4. The summed E-state index contributed by atoms with van der Waals surface area (Å²) in [6.45, 7) is 2.12. The molecule has 3 rings (SSSR count). The molecule has 0 saturated heterocycles. The lowest BCUT2D eigenvalue weighted by atomic mass is 9.87. The first-order chi connectivity index (χ1) is 13.2. The first-order valence-corrected chi connectivity index (χ1v) is 9.11. The molecule has 0 saturated carbocycles. The van der Waals surface area contributed by atoms with Gasteiger partial charge in [0.25, 0.3) is 0 Å². The van der Waals surface area contributed by atoms with E-state index in [0.29, 0.717) is 12.8 Å². The molecule has 1 aliphatic carbocycles. The Morgan fingerprint density at radius 3 is 2.37 bits per heavy atom. The average molecular weight is 365 g/mol. The van der Waals surface area contributed by atoms with Crippen LogP contribution in [0.1, 0.15) is 30.0 Å². The minimum absolute atomic E-state index is 0.140. The second-order valence-corrected chi connectivity index (χ2v) is 6.33. The van der Waals surface area contributed by atoms with E-state index < -0.39 is 12.1 Å². The van der Waals surface area contributed by atoms with Crippen molar-refractivity contribution in [1.82, 2.24) is 5.32 Å². The predicted octanol–water partition coefficient (Wildman–Crippen LogP) is 3.92. The van der Waals surface area contributed by atoms with Crippen LogP contribution in [-0.2, 0) is 33.7 Å². The minimum Gasteiger partial charge on any atom is -0.461 e. The Kier molecular flexibility index (Phi) is 6.26. The van der Waals surface area contributed by atoms with Gasteiger partial charge >= 0.3 is 12.1 Å². The highest BCUT2D eigenvalue weighted by molar-refractivity contribution is 5.93. The van der Waals surface area contributed by atoms with Crippen molar-refractivity contribution in [3.63, 3.8) is 0 Å². The van der Waals surface area contributed by atoms with E-state index in [1.54, 1.807) is 6.92 Å². The third kappa shape index (κ3) is 4.97. The molecule has 0 atom stereocenters. The number of nitrogens with one attached hydrogen (secondary N) is 1. The fraction of sp³-hybridized carbons (Fsp3) is 0.273. The Labute approximate surface area is 159 Å². The van der Waals surface area contributed by atoms with Crippen molar-refractivity contribution >= 4 is 12.1 Å². The molecule has 0 fully saturated rings. The number of fused-ring (bicyclic) bond motifs is 1. The zero-order valence-corrected chi connectivity index (χ0v) is 15.4. The van der Waals surface area contributed by atoms with Crippen LogP contribution in [0.2, 0.25) is 0 Å². The van der Waals surface area contributed by atoms with E-state index in [2.05, 4.69) is 11.4 Å². The molecule has 27 heavy (non-hydrogen) atoms. The molecule has 140 valence electrons. The number of benzene rings is 2. The quantitative estimate of drug-likeness (QED) is 0.644. The second-order valence-electron chi connectivity index (χ2n) is 6.33. The van der Waals surface area contributed by atoms with Gasteiger partial charge in [-0.25, -0.2) is 9.59 Å². The molecule has 0 aromatic heterocycles.